The Labute approximate surface area is 109 Å². The van der Waals surface area contributed by atoms with E-state index in [4.69, 9.17) is 5.11 Å². The van der Waals surface area contributed by atoms with Crippen molar-refractivity contribution in [2.45, 2.75) is 20.4 Å². The second kappa shape index (κ2) is 5.14. The molecule has 0 spiro atoms. The maximum atomic E-state index is 11.2. The molecule has 2 rings (SSSR count). The van der Waals surface area contributed by atoms with Gasteiger partial charge in [-0.2, -0.15) is 0 Å². The molecule has 6 heteroatoms. The minimum absolute atomic E-state index is 0.214. The lowest BCUT2D eigenvalue weighted by atomic mass is 10.1. The predicted octanol–water partition coefficient (Wildman–Crippen LogP) is 2.47. The molecule has 2 aromatic rings. The number of rotatable bonds is 4. The predicted molar refractivity (Wildman–Crippen MR) is 70.1 cm³/mol. The number of aromatic carboxylic acids is 1. The largest absolute Gasteiger partial charge is 0.478 e. The molecular weight excluding hydrogens is 250 g/mol. The van der Waals surface area contributed by atoms with Gasteiger partial charge in [-0.1, -0.05) is 0 Å². The Bertz CT molecular complexity index is 580. The van der Waals surface area contributed by atoms with Crippen LogP contribution < -0.4 is 5.32 Å². The van der Waals surface area contributed by atoms with Crippen LogP contribution in [0.25, 0.3) is 0 Å². The molecule has 0 saturated heterocycles. The molecule has 0 aromatic carbocycles. The van der Waals surface area contributed by atoms with Crippen molar-refractivity contribution in [2.24, 2.45) is 0 Å². The Balaban J connectivity index is 2.19. The van der Waals surface area contributed by atoms with Crippen LogP contribution in [0, 0.1) is 13.8 Å². The van der Waals surface area contributed by atoms with Gasteiger partial charge >= 0.3 is 5.97 Å². The van der Waals surface area contributed by atoms with E-state index in [0.29, 0.717) is 17.9 Å². The van der Waals surface area contributed by atoms with Crippen LogP contribution in [0.3, 0.4) is 0 Å². The summed E-state index contributed by atoms with van der Waals surface area (Å²) in [7, 11) is 0. The highest BCUT2D eigenvalue weighted by molar-refractivity contribution is 7.09. The van der Waals surface area contributed by atoms with E-state index in [1.165, 1.54) is 11.3 Å². The van der Waals surface area contributed by atoms with Crippen molar-refractivity contribution in [3.8, 4) is 0 Å². The molecule has 2 aromatic heterocycles. The summed E-state index contributed by atoms with van der Waals surface area (Å²) in [6, 6.07) is 1.68. The molecule has 0 unspecified atom stereocenters. The van der Waals surface area contributed by atoms with Crippen molar-refractivity contribution in [1.82, 2.24) is 9.97 Å². The van der Waals surface area contributed by atoms with Gasteiger partial charge in [-0.15, -0.1) is 11.3 Å². The lowest BCUT2D eigenvalue weighted by Gasteiger charge is -2.08. The molecule has 0 bridgehead atoms. The SMILES string of the molecule is Cc1csc(CNc2nccc(C)c2C(=O)O)n1. The van der Waals surface area contributed by atoms with Gasteiger partial charge in [0, 0.05) is 17.3 Å². The molecule has 0 aliphatic heterocycles. The van der Waals surface area contributed by atoms with Gasteiger partial charge in [0.05, 0.1) is 6.54 Å². The number of nitrogens with one attached hydrogen (secondary N) is 1. The van der Waals surface area contributed by atoms with E-state index in [9.17, 15) is 4.79 Å². The number of carboxylic acids is 1. The monoisotopic (exact) mass is 263 g/mol. The molecule has 0 saturated carbocycles. The molecule has 0 radical (unpaired) electrons. The van der Waals surface area contributed by atoms with E-state index in [2.05, 4.69) is 15.3 Å². The molecule has 94 valence electrons. The molecule has 2 heterocycles. The van der Waals surface area contributed by atoms with E-state index in [-0.39, 0.29) is 5.56 Å². The standard InChI is InChI=1S/C12H13N3O2S/c1-7-3-4-13-11(10(7)12(16)17)14-5-9-15-8(2)6-18-9/h3-4,6H,5H2,1-2H3,(H,13,14)(H,16,17). The average molecular weight is 263 g/mol. The van der Waals surface area contributed by atoms with Gasteiger partial charge in [0.1, 0.15) is 16.4 Å². The Kier molecular flexibility index (Phi) is 3.57. The molecule has 0 aliphatic carbocycles. The second-order valence-corrected chi connectivity index (χ2v) is 4.84. The highest BCUT2D eigenvalue weighted by atomic mass is 32.1. The fourth-order valence-corrected chi connectivity index (χ4v) is 2.32. The van der Waals surface area contributed by atoms with Crippen LogP contribution >= 0.6 is 11.3 Å². The summed E-state index contributed by atoms with van der Waals surface area (Å²) in [5, 5.41) is 15.0. The molecular formula is C12H13N3O2S. The molecule has 0 amide bonds. The minimum Gasteiger partial charge on any atom is -0.478 e. The Hall–Kier alpha value is -1.95. The van der Waals surface area contributed by atoms with Crippen molar-refractivity contribution in [3.05, 3.63) is 39.5 Å². The van der Waals surface area contributed by atoms with Crippen molar-refractivity contribution in [1.29, 1.82) is 0 Å². The quantitative estimate of drug-likeness (QED) is 0.886. The van der Waals surface area contributed by atoms with Gasteiger partial charge in [0.15, 0.2) is 0 Å². The Morgan fingerprint density at radius 3 is 2.89 bits per heavy atom. The van der Waals surface area contributed by atoms with Crippen LogP contribution in [0.1, 0.15) is 26.6 Å². The normalized spacial score (nSPS) is 10.3. The molecule has 18 heavy (non-hydrogen) atoms. The number of pyridine rings is 1. The number of carboxylic acid groups (broad SMARTS) is 1. The summed E-state index contributed by atoms with van der Waals surface area (Å²) in [4.78, 5) is 19.5. The van der Waals surface area contributed by atoms with Gasteiger partial charge in [-0.25, -0.2) is 14.8 Å². The average Bonchev–Trinajstić information content (AvgIpc) is 2.72. The van der Waals surface area contributed by atoms with Crippen molar-refractivity contribution in [2.75, 3.05) is 5.32 Å². The van der Waals surface area contributed by atoms with Crippen molar-refractivity contribution >= 4 is 23.1 Å². The second-order valence-electron chi connectivity index (χ2n) is 3.89. The number of thiazole rings is 1. The van der Waals surface area contributed by atoms with Crippen molar-refractivity contribution in [3.63, 3.8) is 0 Å². The summed E-state index contributed by atoms with van der Waals surface area (Å²) in [6.07, 6.45) is 1.59. The van der Waals surface area contributed by atoms with E-state index in [1.807, 2.05) is 12.3 Å². The maximum Gasteiger partial charge on any atom is 0.339 e. The zero-order valence-corrected chi connectivity index (χ0v) is 10.9. The minimum atomic E-state index is -0.974. The lowest BCUT2D eigenvalue weighted by Crippen LogP contribution is -2.09. The molecule has 0 aliphatic rings. The Morgan fingerprint density at radius 1 is 1.50 bits per heavy atom. The van der Waals surface area contributed by atoms with Crippen LogP contribution in [0.2, 0.25) is 0 Å². The number of hydrogen-bond acceptors (Lipinski definition) is 5. The zero-order valence-electron chi connectivity index (χ0n) is 10.1. The molecule has 2 N–H and O–H groups in total. The first kappa shape index (κ1) is 12.5. The van der Waals surface area contributed by atoms with Gasteiger partial charge in [-0.3, -0.25) is 0 Å². The van der Waals surface area contributed by atoms with Crippen molar-refractivity contribution < 1.29 is 9.90 Å². The highest BCUT2D eigenvalue weighted by Gasteiger charge is 2.14. The van der Waals surface area contributed by atoms with Crippen LogP contribution in [0.5, 0.6) is 0 Å². The van der Waals surface area contributed by atoms with Crippen LogP contribution in [0.15, 0.2) is 17.6 Å². The molecule has 0 atom stereocenters. The van der Waals surface area contributed by atoms with E-state index in [0.717, 1.165) is 10.7 Å². The summed E-state index contributed by atoms with van der Waals surface area (Å²) in [5.41, 5.74) is 1.87. The van der Waals surface area contributed by atoms with Gasteiger partial charge < -0.3 is 10.4 Å². The van der Waals surface area contributed by atoms with Crippen LogP contribution in [-0.2, 0) is 6.54 Å². The maximum absolute atomic E-state index is 11.2. The fraction of sp³-hybridized carbons (Fsp3) is 0.250. The van der Waals surface area contributed by atoms with E-state index >= 15 is 0 Å². The molecule has 0 fully saturated rings. The number of anilines is 1. The summed E-state index contributed by atoms with van der Waals surface area (Å²) in [5.74, 6) is -0.589. The van der Waals surface area contributed by atoms with Crippen LogP contribution in [0.4, 0.5) is 5.82 Å². The molecule has 5 nitrogen and oxygen atoms in total. The number of carbonyl (C=O) groups is 1. The van der Waals surface area contributed by atoms with E-state index < -0.39 is 5.97 Å². The van der Waals surface area contributed by atoms with Gasteiger partial charge in [-0.05, 0) is 25.5 Å². The third kappa shape index (κ3) is 2.65. The Morgan fingerprint density at radius 2 is 2.28 bits per heavy atom. The van der Waals surface area contributed by atoms with Gasteiger partial charge in [0.25, 0.3) is 0 Å². The summed E-state index contributed by atoms with van der Waals surface area (Å²) < 4.78 is 0. The van der Waals surface area contributed by atoms with Crippen LogP contribution in [-0.4, -0.2) is 21.0 Å². The fourth-order valence-electron chi connectivity index (χ4n) is 1.61. The highest BCUT2D eigenvalue weighted by Crippen LogP contribution is 2.18. The number of nitrogens with zero attached hydrogens (tertiary/aromatic N) is 2. The number of aromatic nitrogens is 2. The lowest BCUT2D eigenvalue weighted by molar-refractivity contribution is 0.0697. The third-order valence-corrected chi connectivity index (χ3v) is 3.41. The first-order valence-electron chi connectivity index (χ1n) is 5.41. The first-order valence-corrected chi connectivity index (χ1v) is 6.29. The summed E-state index contributed by atoms with van der Waals surface area (Å²) in [6.45, 7) is 4.16. The first-order chi connectivity index (χ1) is 8.58. The third-order valence-electron chi connectivity index (χ3n) is 2.45. The van der Waals surface area contributed by atoms with Gasteiger partial charge in [0.2, 0.25) is 0 Å². The van der Waals surface area contributed by atoms with E-state index in [1.54, 1.807) is 19.2 Å². The number of hydrogen-bond donors (Lipinski definition) is 2. The summed E-state index contributed by atoms with van der Waals surface area (Å²) >= 11 is 1.54. The number of aryl methyl sites for hydroxylation is 2. The zero-order chi connectivity index (χ0) is 13.1. The smallest absolute Gasteiger partial charge is 0.339 e. The topological polar surface area (TPSA) is 75.1 Å².